The Kier molecular flexibility index (Phi) is 4.30. The van der Waals surface area contributed by atoms with E-state index in [1.807, 2.05) is 6.07 Å². The van der Waals surface area contributed by atoms with Crippen molar-refractivity contribution in [3.05, 3.63) is 23.8 Å². The van der Waals surface area contributed by atoms with Crippen molar-refractivity contribution in [3.63, 3.8) is 0 Å². The van der Waals surface area contributed by atoms with Gasteiger partial charge in [0.05, 0.1) is 11.4 Å². The van der Waals surface area contributed by atoms with Gasteiger partial charge in [-0.3, -0.25) is 4.79 Å². The van der Waals surface area contributed by atoms with Crippen LogP contribution in [0, 0.1) is 0 Å². The second-order valence-corrected chi connectivity index (χ2v) is 5.38. The van der Waals surface area contributed by atoms with Crippen LogP contribution in [-0.2, 0) is 11.2 Å². The van der Waals surface area contributed by atoms with E-state index in [1.54, 1.807) is 19.0 Å². The molecule has 19 heavy (non-hydrogen) atoms. The van der Waals surface area contributed by atoms with Crippen LogP contribution in [0.1, 0.15) is 24.8 Å². The lowest BCUT2D eigenvalue weighted by atomic mass is 10.1. The molecule has 0 bridgehead atoms. The molecular weight excluding hydrogens is 238 g/mol. The molecule has 4 nitrogen and oxygen atoms in total. The van der Waals surface area contributed by atoms with Crippen molar-refractivity contribution in [1.29, 1.82) is 0 Å². The van der Waals surface area contributed by atoms with Crippen LogP contribution in [0.5, 0.6) is 0 Å². The number of rotatable bonds is 4. The fraction of sp³-hybridized carbons (Fsp3) is 0.533. The molecule has 104 valence electrons. The first-order valence-electron chi connectivity index (χ1n) is 6.91. The Morgan fingerprint density at radius 1 is 1.32 bits per heavy atom. The third kappa shape index (κ3) is 3.40. The second kappa shape index (κ2) is 5.95. The molecule has 0 saturated carbocycles. The molecule has 0 aromatic heterocycles. The summed E-state index contributed by atoms with van der Waals surface area (Å²) in [4.78, 5) is 15.5. The van der Waals surface area contributed by atoms with Crippen LogP contribution >= 0.6 is 0 Å². The molecule has 0 aliphatic carbocycles. The summed E-state index contributed by atoms with van der Waals surface area (Å²) in [7, 11) is 3.57. The van der Waals surface area contributed by atoms with Gasteiger partial charge in [-0.05, 0) is 37.0 Å². The Hall–Kier alpha value is -1.71. The van der Waals surface area contributed by atoms with Crippen molar-refractivity contribution < 1.29 is 4.79 Å². The normalized spacial score (nSPS) is 14.7. The fourth-order valence-electron chi connectivity index (χ4n) is 2.48. The first kappa shape index (κ1) is 13.7. The van der Waals surface area contributed by atoms with Gasteiger partial charge in [-0.25, -0.2) is 0 Å². The average Bonchev–Trinajstić information content (AvgIpc) is 2.89. The van der Waals surface area contributed by atoms with Crippen LogP contribution in [0.2, 0.25) is 0 Å². The van der Waals surface area contributed by atoms with Crippen LogP contribution < -0.4 is 10.6 Å². The Balaban J connectivity index is 2.00. The minimum absolute atomic E-state index is 0.155. The number of aryl methyl sites for hydroxylation is 1. The lowest BCUT2D eigenvalue weighted by Crippen LogP contribution is -2.22. The molecule has 1 aliphatic heterocycles. The number of carbonyl (C=O) groups excluding carboxylic acids is 1. The largest absolute Gasteiger partial charge is 0.397 e. The zero-order valence-corrected chi connectivity index (χ0v) is 11.9. The first-order valence-corrected chi connectivity index (χ1v) is 6.91. The number of carbonyl (C=O) groups is 1. The Morgan fingerprint density at radius 3 is 2.58 bits per heavy atom. The highest BCUT2D eigenvalue weighted by molar-refractivity contribution is 5.76. The number of hydrogen-bond donors (Lipinski definition) is 1. The molecule has 0 unspecified atom stereocenters. The van der Waals surface area contributed by atoms with Crippen molar-refractivity contribution in [1.82, 2.24) is 4.90 Å². The molecule has 4 heteroatoms. The van der Waals surface area contributed by atoms with Gasteiger partial charge in [-0.15, -0.1) is 0 Å². The molecule has 1 saturated heterocycles. The van der Waals surface area contributed by atoms with Gasteiger partial charge in [0.15, 0.2) is 0 Å². The highest BCUT2D eigenvalue weighted by Gasteiger charge is 2.15. The Morgan fingerprint density at radius 2 is 2.00 bits per heavy atom. The molecule has 0 radical (unpaired) electrons. The molecule has 0 atom stereocenters. The lowest BCUT2D eigenvalue weighted by molar-refractivity contribution is -0.128. The number of hydrogen-bond acceptors (Lipinski definition) is 3. The predicted octanol–water partition coefficient (Wildman–Crippen LogP) is 1.89. The zero-order valence-electron chi connectivity index (χ0n) is 11.9. The number of amides is 1. The van der Waals surface area contributed by atoms with Gasteiger partial charge < -0.3 is 15.5 Å². The van der Waals surface area contributed by atoms with E-state index in [0.717, 1.165) is 36.4 Å². The van der Waals surface area contributed by atoms with E-state index in [9.17, 15) is 4.79 Å². The summed E-state index contributed by atoms with van der Waals surface area (Å²) in [6.45, 7) is 2.20. The maximum atomic E-state index is 11.6. The van der Waals surface area contributed by atoms with E-state index in [4.69, 9.17) is 5.73 Å². The van der Waals surface area contributed by atoms with Crippen LogP contribution in [0.3, 0.4) is 0 Å². The summed E-state index contributed by atoms with van der Waals surface area (Å²) in [6.07, 6.45) is 3.79. The minimum Gasteiger partial charge on any atom is -0.397 e. The molecule has 1 heterocycles. The summed E-state index contributed by atoms with van der Waals surface area (Å²) in [5.74, 6) is 0.155. The molecule has 1 aliphatic rings. The van der Waals surface area contributed by atoms with Crippen LogP contribution in [0.15, 0.2) is 18.2 Å². The summed E-state index contributed by atoms with van der Waals surface area (Å²) in [5, 5.41) is 0. The maximum Gasteiger partial charge on any atom is 0.222 e. The predicted molar refractivity (Wildman–Crippen MR) is 79.3 cm³/mol. The Bertz CT molecular complexity index is 451. The second-order valence-electron chi connectivity index (χ2n) is 5.38. The van der Waals surface area contributed by atoms with Gasteiger partial charge in [0.25, 0.3) is 0 Å². The highest BCUT2D eigenvalue weighted by atomic mass is 16.2. The number of nitrogens with zero attached hydrogens (tertiary/aromatic N) is 2. The van der Waals surface area contributed by atoms with E-state index in [2.05, 4.69) is 17.0 Å². The lowest BCUT2D eigenvalue weighted by Gasteiger charge is -2.20. The summed E-state index contributed by atoms with van der Waals surface area (Å²) in [5.41, 5.74) is 9.23. The summed E-state index contributed by atoms with van der Waals surface area (Å²) >= 11 is 0. The van der Waals surface area contributed by atoms with E-state index in [1.165, 1.54) is 12.8 Å². The number of nitrogens with two attached hydrogens (primary N) is 1. The van der Waals surface area contributed by atoms with Gasteiger partial charge in [0.2, 0.25) is 5.91 Å². The highest BCUT2D eigenvalue weighted by Crippen LogP contribution is 2.27. The monoisotopic (exact) mass is 261 g/mol. The number of nitrogen functional groups attached to an aromatic ring is 1. The standard InChI is InChI=1S/C15H23N3O/c1-17(2)15(19)8-6-12-5-7-14(13(16)11-12)18-9-3-4-10-18/h5,7,11H,3-4,6,8-10,16H2,1-2H3. The average molecular weight is 261 g/mol. The third-order valence-corrected chi connectivity index (χ3v) is 3.67. The molecule has 1 amide bonds. The van der Waals surface area contributed by atoms with Gasteiger partial charge >= 0.3 is 0 Å². The van der Waals surface area contributed by atoms with Crippen LogP contribution in [0.25, 0.3) is 0 Å². The summed E-state index contributed by atoms with van der Waals surface area (Å²) < 4.78 is 0. The smallest absolute Gasteiger partial charge is 0.222 e. The molecule has 2 N–H and O–H groups in total. The molecule has 1 aromatic rings. The van der Waals surface area contributed by atoms with Gasteiger partial charge in [0, 0.05) is 33.6 Å². The van der Waals surface area contributed by atoms with Crippen molar-refractivity contribution in [3.8, 4) is 0 Å². The van der Waals surface area contributed by atoms with Crippen LogP contribution in [-0.4, -0.2) is 38.0 Å². The van der Waals surface area contributed by atoms with Crippen molar-refractivity contribution in [2.45, 2.75) is 25.7 Å². The number of benzene rings is 1. The van der Waals surface area contributed by atoms with Gasteiger partial charge in [-0.2, -0.15) is 0 Å². The van der Waals surface area contributed by atoms with Gasteiger partial charge in [0.1, 0.15) is 0 Å². The number of anilines is 2. The molecule has 1 aromatic carbocycles. The minimum atomic E-state index is 0.155. The first-order chi connectivity index (χ1) is 9.08. The van der Waals surface area contributed by atoms with Crippen LogP contribution in [0.4, 0.5) is 11.4 Å². The SMILES string of the molecule is CN(C)C(=O)CCc1ccc(N2CCCC2)c(N)c1. The van der Waals surface area contributed by atoms with E-state index in [0.29, 0.717) is 6.42 Å². The van der Waals surface area contributed by atoms with Crippen molar-refractivity contribution in [2.24, 2.45) is 0 Å². The van der Waals surface area contributed by atoms with E-state index >= 15 is 0 Å². The third-order valence-electron chi connectivity index (χ3n) is 3.67. The Labute approximate surface area is 115 Å². The fourth-order valence-corrected chi connectivity index (χ4v) is 2.48. The quantitative estimate of drug-likeness (QED) is 0.842. The van der Waals surface area contributed by atoms with Crippen molar-refractivity contribution in [2.75, 3.05) is 37.8 Å². The molecule has 0 spiro atoms. The molecule has 2 rings (SSSR count). The van der Waals surface area contributed by atoms with Gasteiger partial charge in [-0.1, -0.05) is 6.07 Å². The maximum absolute atomic E-state index is 11.6. The summed E-state index contributed by atoms with van der Waals surface area (Å²) in [6, 6.07) is 6.19. The van der Waals surface area contributed by atoms with Crippen molar-refractivity contribution >= 4 is 17.3 Å². The zero-order chi connectivity index (χ0) is 13.8. The molecular formula is C15H23N3O. The van der Waals surface area contributed by atoms with E-state index < -0.39 is 0 Å². The van der Waals surface area contributed by atoms with E-state index in [-0.39, 0.29) is 5.91 Å². The topological polar surface area (TPSA) is 49.6 Å². The molecule has 1 fully saturated rings.